The standard InChI is InChI=1S/C14H8O2.C4H6O4/c15-13-9-5-1-2-6-10(9)14(16)12-8-4-3-7-11(12)13;5-3(6)1-2-4(7)8/h1-8H;1-2H2,(H,5,6)(H,7,8). The average molecular weight is 326 g/mol. The summed E-state index contributed by atoms with van der Waals surface area (Å²) >= 11 is 0. The van der Waals surface area contributed by atoms with E-state index in [1.807, 2.05) is 0 Å². The lowest BCUT2D eigenvalue weighted by molar-refractivity contribution is -0.143. The molecule has 1 aliphatic carbocycles. The van der Waals surface area contributed by atoms with Crippen LogP contribution in [0, 0.1) is 0 Å². The number of carbonyl (C=O) groups is 4. The third-order valence-electron chi connectivity index (χ3n) is 3.39. The number of ketones is 2. The van der Waals surface area contributed by atoms with Gasteiger partial charge in [0.05, 0.1) is 12.8 Å². The molecule has 0 aliphatic heterocycles. The Morgan fingerprint density at radius 3 is 1.08 bits per heavy atom. The fraction of sp³-hybridized carbons (Fsp3) is 0.111. The summed E-state index contributed by atoms with van der Waals surface area (Å²) in [5.41, 5.74) is 2.02. The lowest BCUT2D eigenvalue weighted by atomic mass is 9.84. The Morgan fingerprint density at radius 1 is 0.625 bits per heavy atom. The number of rotatable bonds is 3. The molecule has 2 aromatic rings. The molecule has 3 rings (SSSR count). The van der Waals surface area contributed by atoms with Gasteiger partial charge < -0.3 is 10.2 Å². The van der Waals surface area contributed by atoms with Gasteiger partial charge in [0.25, 0.3) is 0 Å². The average Bonchev–Trinajstić information content (AvgIpc) is 2.58. The smallest absolute Gasteiger partial charge is 0.303 e. The minimum atomic E-state index is -1.08. The number of carboxylic acids is 2. The fourth-order valence-corrected chi connectivity index (χ4v) is 2.26. The molecule has 6 heteroatoms. The molecule has 0 saturated heterocycles. The van der Waals surface area contributed by atoms with Crippen LogP contribution in [0.15, 0.2) is 48.5 Å². The number of aliphatic carboxylic acids is 2. The van der Waals surface area contributed by atoms with Crippen LogP contribution in [0.2, 0.25) is 0 Å². The predicted octanol–water partition coefficient (Wildman–Crippen LogP) is 2.40. The van der Waals surface area contributed by atoms with Gasteiger partial charge in [-0.25, -0.2) is 0 Å². The molecule has 122 valence electrons. The number of hydrogen-bond acceptors (Lipinski definition) is 4. The van der Waals surface area contributed by atoms with Gasteiger partial charge in [0.2, 0.25) is 0 Å². The molecule has 0 saturated carbocycles. The van der Waals surface area contributed by atoms with Gasteiger partial charge in [-0.2, -0.15) is 0 Å². The second kappa shape index (κ2) is 7.32. The Balaban J connectivity index is 0.000000224. The van der Waals surface area contributed by atoms with Gasteiger partial charge in [-0.3, -0.25) is 19.2 Å². The largest absolute Gasteiger partial charge is 0.481 e. The summed E-state index contributed by atoms with van der Waals surface area (Å²) < 4.78 is 0. The van der Waals surface area contributed by atoms with Crippen molar-refractivity contribution in [3.63, 3.8) is 0 Å². The van der Waals surface area contributed by atoms with E-state index in [0.717, 1.165) is 0 Å². The highest BCUT2D eigenvalue weighted by molar-refractivity contribution is 6.28. The maximum absolute atomic E-state index is 12.1. The molecule has 1 aliphatic rings. The van der Waals surface area contributed by atoms with Crippen molar-refractivity contribution in [1.29, 1.82) is 0 Å². The van der Waals surface area contributed by atoms with Crippen molar-refractivity contribution in [2.75, 3.05) is 0 Å². The van der Waals surface area contributed by atoms with E-state index < -0.39 is 11.9 Å². The van der Waals surface area contributed by atoms with Gasteiger partial charge in [0, 0.05) is 22.3 Å². The zero-order valence-electron chi connectivity index (χ0n) is 12.6. The van der Waals surface area contributed by atoms with E-state index in [-0.39, 0.29) is 24.4 Å². The molecule has 2 N–H and O–H groups in total. The second-order valence-corrected chi connectivity index (χ2v) is 5.04. The van der Waals surface area contributed by atoms with E-state index in [1.54, 1.807) is 48.5 Å². The van der Waals surface area contributed by atoms with Gasteiger partial charge in [0.1, 0.15) is 0 Å². The Hall–Kier alpha value is -3.28. The maximum atomic E-state index is 12.1. The van der Waals surface area contributed by atoms with Crippen molar-refractivity contribution < 1.29 is 29.4 Å². The molecule has 0 unspecified atom stereocenters. The van der Waals surface area contributed by atoms with Crippen molar-refractivity contribution in [3.05, 3.63) is 70.8 Å². The highest BCUT2D eigenvalue weighted by atomic mass is 16.4. The molecule has 0 heterocycles. The molecule has 6 nitrogen and oxygen atoms in total. The van der Waals surface area contributed by atoms with E-state index in [4.69, 9.17) is 10.2 Å². The molecular formula is C18H14O6. The van der Waals surface area contributed by atoms with Crippen LogP contribution in [-0.4, -0.2) is 33.7 Å². The van der Waals surface area contributed by atoms with E-state index in [0.29, 0.717) is 22.3 Å². The van der Waals surface area contributed by atoms with Gasteiger partial charge in [-0.05, 0) is 0 Å². The monoisotopic (exact) mass is 326 g/mol. The van der Waals surface area contributed by atoms with Crippen LogP contribution in [0.3, 0.4) is 0 Å². The van der Waals surface area contributed by atoms with Crippen LogP contribution in [0.1, 0.15) is 44.7 Å². The third-order valence-corrected chi connectivity index (χ3v) is 3.39. The number of benzene rings is 2. The summed E-state index contributed by atoms with van der Waals surface area (Å²) in [7, 11) is 0. The Kier molecular flexibility index (Phi) is 5.21. The van der Waals surface area contributed by atoms with Gasteiger partial charge in [-0.1, -0.05) is 48.5 Å². The normalized spacial score (nSPS) is 11.7. The molecular weight excluding hydrogens is 312 g/mol. The first kappa shape index (κ1) is 17.1. The molecule has 24 heavy (non-hydrogen) atoms. The zero-order valence-corrected chi connectivity index (χ0v) is 12.6. The molecule has 0 bridgehead atoms. The van der Waals surface area contributed by atoms with E-state index in [9.17, 15) is 19.2 Å². The molecule has 0 aromatic heterocycles. The first-order valence-corrected chi connectivity index (χ1v) is 7.13. The molecule has 0 spiro atoms. The summed E-state index contributed by atoms with van der Waals surface area (Å²) in [4.78, 5) is 43.5. The number of carbonyl (C=O) groups excluding carboxylic acids is 2. The van der Waals surface area contributed by atoms with Crippen LogP contribution in [0.5, 0.6) is 0 Å². The summed E-state index contributed by atoms with van der Waals surface area (Å²) in [5.74, 6) is -2.28. The SMILES string of the molecule is O=C(O)CCC(=O)O.O=C1c2ccccc2C(=O)c2ccccc21. The first-order chi connectivity index (χ1) is 11.4. The number of hydrogen-bond donors (Lipinski definition) is 2. The highest BCUT2D eigenvalue weighted by Gasteiger charge is 2.28. The van der Waals surface area contributed by atoms with Crippen LogP contribution >= 0.6 is 0 Å². The summed E-state index contributed by atoms with van der Waals surface area (Å²) in [6.45, 7) is 0. The van der Waals surface area contributed by atoms with Crippen molar-refractivity contribution >= 4 is 23.5 Å². The van der Waals surface area contributed by atoms with Gasteiger partial charge in [0.15, 0.2) is 11.6 Å². The highest BCUT2D eigenvalue weighted by Crippen LogP contribution is 2.26. The van der Waals surface area contributed by atoms with Crippen molar-refractivity contribution in [2.45, 2.75) is 12.8 Å². The van der Waals surface area contributed by atoms with Crippen LogP contribution in [0.25, 0.3) is 0 Å². The van der Waals surface area contributed by atoms with Crippen LogP contribution in [0.4, 0.5) is 0 Å². The minimum absolute atomic E-state index is 0.0641. The topological polar surface area (TPSA) is 109 Å². The lowest BCUT2D eigenvalue weighted by Crippen LogP contribution is -2.20. The minimum Gasteiger partial charge on any atom is -0.481 e. The third kappa shape index (κ3) is 3.73. The van der Waals surface area contributed by atoms with Gasteiger partial charge >= 0.3 is 11.9 Å². The van der Waals surface area contributed by atoms with E-state index in [1.165, 1.54) is 0 Å². The van der Waals surface area contributed by atoms with E-state index >= 15 is 0 Å². The fourth-order valence-electron chi connectivity index (χ4n) is 2.26. The molecule has 2 aromatic carbocycles. The summed E-state index contributed by atoms with van der Waals surface area (Å²) in [6, 6.07) is 13.9. The maximum Gasteiger partial charge on any atom is 0.303 e. The Morgan fingerprint density at radius 2 is 0.875 bits per heavy atom. The Bertz CT molecular complexity index is 702. The van der Waals surface area contributed by atoms with Gasteiger partial charge in [-0.15, -0.1) is 0 Å². The summed E-state index contributed by atoms with van der Waals surface area (Å²) in [6.07, 6.45) is -0.593. The molecule has 0 radical (unpaired) electrons. The number of carboxylic acid groups (broad SMARTS) is 2. The van der Waals surface area contributed by atoms with Crippen LogP contribution in [-0.2, 0) is 9.59 Å². The Labute approximate surface area is 137 Å². The van der Waals surface area contributed by atoms with Crippen LogP contribution < -0.4 is 0 Å². The summed E-state index contributed by atoms with van der Waals surface area (Å²) in [5, 5.41) is 15.8. The van der Waals surface area contributed by atoms with Crippen molar-refractivity contribution in [1.82, 2.24) is 0 Å². The first-order valence-electron chi connectivity index (χ1n) is 7.13. The zero-order chi connectivity index (χ0) is 17.7. The molecule has 0 amide bonds. The predicted molar refractivity (Wildman–Crippen MR) is 84.3 cm³/mol. The quantitative estimate of drug-likeness (QED) is 0.765. The van der Waals surface area contributed by atoms with Crippen molar-refractivity contribution in [3.8, 4) is 0 Å². The number of fused-ring (bicyclic) bond motifs is 2. The second-order valence-electron chi connectivity index (χ2n) is 5.04. The molecule has 0 atom stereocenters. The van der Waals surface area contributed by atoms with E-state index in [2.05, 4.69) is 0 Å². The lowest BCUT2D eigenvalue weighted by Gasteiger charge is -2.16. The van der Waals surface area contributed by atoms with Crippen molar-refractivity contribution in [2.24, 2.45) is 0 Å². The molecule has 0 fully saturated rings.